The van der Waals surface area contributed by atoms with Crippen molar-refractivity contribution in [2.75, 3.05) is 24.5 Å². The predicted molar refractivity (Wildman–Crippen MR) is 72.6 cm³/mol. The number of hydrogen-bond donors (Lipinski definition) is 1. The van der Waals surface area contributed by atoms with Crippen molar-refractivity contribution >= 4 is 5.82 Å². The quantitative estimate of drug-likeness (QED) is 0.869. The van der Waals surface area contributed by atoms with Crippen molar-refractivity contribution in [1.82, 2.24) is 10.3 Å². The Balaban J connectivity index is 2.06. The number of rotatable bonds is 3. The third-order valence-corrected chi connectivity index (χ3v) is 3.64. The van der Waals surface area contributed by atoms with Gasteiger partial charge in [0.05, 0.1) is 0 Å². The Morgan fingerprint density at radius 3 is 2.94 bits per heavy atom. The van der Waals surface area contributed by atoms with Gasteiger partial charge in [-0.1, -0.05) is 19.9 Å². The molecule has 94 valence electrons. The average molecular weight is 233 g/mol. The minimum Gasteiger partial charge on any atom is -0.354 e. The van der Waals surface area contributed by atoms with Crippen LogP contribution in [-0.4, -0.2) is 30.7 Å². The fraction of sp³-hybridized carbons (Fsp3) is 0.643. The zero-order valence-corrected chi connectivity index (χ0v) is 11.1. The van der Waals surface area contributed by atoms with Gasteiger partial charge in [0.1, 0.15) is 5.82 Å². The smallest absolute Gasteiger partial charge is 0.128 e. The van der Waals surface area contributed by atoms with Gasteiger partial charge in [-0.25, -0.2) is 4.98 Å². The van der Waals surface area contributed by atoms with Crippen molar-refractivity contribution in [3.8, 4) is 0 Å². The second-order valence-electron chi connectivity index (χ2n) is 5.06. The zero-order chi connectivity index (χ0) is 12.3. The molecule has 0 spiro atoms. The number of anilines is 1. The number of pyridine rings is 1. The lowest BCUT2D eigenvalue weighted by molar-refractivity contribution is 0.482. The van der Waals surface area contributed by atoms with E-state index < -0.39 is 0 Å². The van der Waals surface area contributed by atoms with E-state index in [4.69, 9.17) is 0 Å². The van der Waals surface area contributed by atoms with Crippen molar-refractivity contribution in [3.63, 3.8) is 0 Å². The first kappa shape index (κ1) is 12.4. The Hall–Kier alpha value is -1.09. The molecule has 0 bridgehead atoms. The molecule has 2 heterocycles. The number of piperazine rings is 1. The van der Waals surface area contributed by atoms with Crippen LogP contribution in [0.15, 0.2) is 18.3 Å². The van der Waals surface area contributed by atoms with Gasteiger partial charge in [-0.3, -0.25) is 0 Å². The van der Waals surface area contributed by atoms with E-state index in [1.54, 1.807) is 0 Å². The molecular weight excluding hydrogens is 210 g/mol. The predicted octanol–water partition coefficient (Wildman–Crippen LogP) is 2.39. The highest BCUT2D eigenvalue weighted by molar-refractivity contribution is 5.40. The lowest BCUT2D eigenvalue weighted by Gasteiger charge is -2.32. The van der Waals surface area contributed by atoms with E-state index in [2.05, 4.69) is 48.1 Å². The van der Waals surface area contributed by atoms with E-state index in [-0.39, 0.29) is 0 Å². The van der Waals surface area contributed by atoms with Crippen LogP contribution in [0.25, 0.3) is 0 Å². The van der Waals surface area contributed by atoms with Crippen LogP contribution >= 0.6 is 0 Å². The van der Waals surface area contributed by atoms with Gasteiger partial charge in [0, 0.05) is 31.9 Å². The highest BCUT2D eigenvalue weighted by Crippen LogP contribution is 2.20. The lowest BCUT2D eigenvalue weighted by atomic mass is 10.0. The number of hydrogen-bond acceptors (Lipinski definition) is 3. The summed E-state index contributed by atoms with van der Waals surface area (Å²) in [7, 11) is 0. The Morgan fingerprint density at radius 2 is 2.35 bits per heavy atom. The van der Waals surface area contributed by atoms with Crippen LogP contribution in [0, 0.1) is 0 Å². The summed E-state index contributed by atoms with van der Waals surface area (Å²) in [4.78, 5) is 6.97. The first-order valence-corrected chi connectivity index (χ1v) is 6.65. The maximum absolute atomic E-state index is 4.60. The molecule has 0 radical (unpaired) electrons. The van der Waals surface area contributed by atoms with Gasteiger partial charge in [-0.2, -0.15) is 0 Å². The van der Waals surface area contributed by atoms with Gasteiger partial charge in [-0.15, -0.1) is 0 Å². The molecule has 0 amide bonds. The number of nitrogens with zero attached hydrogens (tertiary/aromatic N) is 2. The van der Waals surface area contributed by atoms with Crippen LogP contribution in [0.4, 0.5) is 5.82 Å². The van der Waals surface area contributed by atoms with Crippen molar-refractivity contribution in [3.05, 3.63) is 23.9 Å². The van der Waals surface area contributed by atoms with E-state index in [0.29, 0.717) is 12.0 Å². The summed E-state index contributed by atoms with van der Waals surface area (Å²) < 4.78 is 0. The molecular formula is C14H23N3. The van der Waals surface area contributed by atoms with Gasteiger partial charge >= 0.3 is 0 Å². The van der Waals surface area contributed by atoms with Gasteiger partial charge in [-0.05, 0) is 30.9 Å². The standard InChI is InChI=1S/C14H23N3/c1-4-11(2)13-5-6-14(16-9-13)17-8-7-15-12(3)10-17/h5-6,9,11-12,15H,4,7-8,10H2,1-3H3/t11-,12-/m0/s1. The molecule has 1 aromatic rings. The lowest BCUT2D eigenvalue weighted by Crippen LogP contribution is -2.49. The SMILES string of the molecule is CC[C@H](C)c1ccc(N2CCN[C@@H](C)C2)nc1. The molecule has 17 heavy (non-hydrogen) atoms. The molecule has 1 aliphatic rings. The second kappa shape index (κ2) is 5.50. The third kappa shape index (κ3) is 2.97. The average Bonchev–Trinajstić information content (AvgIpc) is 2.38. The Kier molecular flexibility index (Phi) is 4.00. The molecule has 2 atom stereocenters. The highest BCUT2D eigenvalue weighted by atomic mass is 15.2. The molecule has 0 aromatic carbocycles. The van der Waals surface area contributed by atoms with Gasteiger partial charge in [0.2, 0.25) is 0 Å². The molecule has 3 nitrogen and oxygen atoms in total. The van der Waals surface area contributed by atoms with Crippen LogP contribution in [0.3, 0.4) is 0 Å². The molecule has 1 N–H and O–H groups in total. The Morgan fingerprint density at radius 1 is 1.53 bits per heavy atom. The molecule has 0 aliphatic carbocycles. The molecule has 0 unspecified atom stereocenters. The minimum atomic E-state index is 0.555. The number of aromatic nitrogens is 1. The third-order valence-electron chi connectivity index (χ3n) is 3.64. The highest BCUT2D eigenvalue weighted by Gasteiger charge is 2.16. The maximum atomic E-state index is 4.60. The summed E-state index contributed by atoms with van der Waals surface area (Å²) in [6.07, 6.45) is 3.21. The Labute approximate surface area is 104 Å². The minimum absolute atomic E-state index is 0.555. The van der Waals surface area contributed by atoms with Crippen molar-refractivity contribution < 1.29 is 0 Å². The maximum Gasteiger partial charge on any atom is 0.128 e. The van der Waals surface area contributed by atoms with Crippen LogP contribution in [0.2, 0.25) is 0 Å². The van der Waals surface area contributed by atoms with Crippen LogP contribution < -0.4 is 10.2 Å². The van der Waals surface area contributed by atoms with Gasteiger partial charge < -0.3 is 10.2 Å². The van der Waals surface area contributed by atoms with Gasteiger partial charge in [0.25, 0.3) is 0 Å². The van der Waals surface area contributed by atoms with E-state index in [1.165, 1.54) is 12.0 Å². The van der Waals surface area contributed by atoms with E-state index in [9.17, 15) is 0 Å². The van der Waals surface area contributed by atoms with Crippen molar-refractivity contribution in [2.24, 2.45) is 0 Å². The normalized spacial score (nSPS) is 22.5. The molecule has 1 saturated heterocycles. The summed E-state index contributed by atoms with van der Waals surface area (Å²) in [6.45, 7) is 9.85. The van der Waals surface area contributed by atoms with Crippen LogP contribution in [-0.2, 0) is 0 Å². The summed E-state index contributed by atoms with van der Waals surface area (Å²) in [6, 6.07) is 4.95. The Bertz CT molecular complexity index is 347. The van der Waals surface area contributed by atoms with E-state index >= 15 is 0 Å². The van der Waals surface area contributed by atoms with Crippen LogP contribution in [0.1, 0.15) is 38.7 Å². The summed E-state index contributed by atoms with van der Waals surface area (Å²) in [5, 5.41) is 3.45. The monoisotopic (exact) mass is 233 g/mol. The summed E-state index contributed by atoms with van der Waals surface area (Å²) in [5.74, 6) is 1.73. The van der Waals surface area contributed by atoms with Crippen LogP contribution in [0.5, 0.6) is 0 Å². The summed E-state index contributed by atoms with van der Waals surface area (Å²) in [5.41, 5.74) is 1.35. The molecule has 2 rings (SSSR count). The number of nitrogens with one attached hydrogen (secondary N) is 1. The van der Waals surface area contributed by atoms with Crippen molar-refractivity contribution in [1.29, 1.82) is 0 Å². The fourth-order valence-electron chi connectivity index (χ4n) is 2.25. The van der Waals surface area contributed by atoms with E-state index in [1.807, 2.05) is 6.20 Å². The zero-order valence-electron chi connectivity index (χ0n) is 11.1. The molecule has 3 heteroatoms. The molecule has 1 aromatic heterocycles. The first-order valence-electron chi connectivity index (χ1n) is 6.65. The summed E-state index contributed by atoms with van der Waals surface area (Å²) >= 11 is 0. The fourth-order valence-corrected chi connectivity index (χ4v) is 2.25. The van der Waals surface area contributed by atoms with Crippen molar-refractivity contribution in [2.45, 2.75) is 39.2 Å². The largest absolute Gasteiger partial charge is 0.354 e. The molecule has 1 fully saturated rings. The topological polar surface area (TPSA) is 28.2 Å². The van der Waals surface area contributed by atoms with E-state index in [0.717, 1.165) is 25.5 Å². The second-order valence-corrected chi connectivity index (χ2v) is 5.06. The molecule has 0 saturated carbocycles. The molecule has 1 aliphatic heterocycles. The first-order chi connectivity index (χ1) is 8.20. The van der Waals surface area contributed by atoms with Gasteiger partial charge in [0.15, 0.2) is 0 Å².